The van der Waals surface area contributed by atoms with E-state index in [1.54, 1.807) is 37.4 Å². The lowest BCUT2D eigenvalue weighted by molar-refractivity contribution is -0.192. The zero-order valence-electron chi connectivity index (χ0n) is 18.2. The predicted molar refractivity (Wildman–Crippen MR) is 118 cm³/mol. The summed E-state index contributed by atoms with van der Waals surface area (Å²) in [5.41, 5.74) is 1.54. The van der Waals surface area contributed by atoms with Crippen LogP contribution in [0, 0.1) is 0 Å². The van der Waals surface area contributed by atoms with E-state index in [2.05, 4.69) is 10.2 Å². The summed E-state index contributed by atoms with van der Waals surface area (Å²) in [6.07, 6.45) is -5.08. The van der Waals surface area contributed by atoms with Gasteiger partial charge in [-0.15, -0.1) is 0 Å². The molecular formula is C21H24F3N3O6S. The molecule has 0 radical (unpaired) electrons. The Hall–Kier alpha value is -3.19. The van der Waals surface area contributed by atoms with Crippen LogP contribution in [-0.4, -0.2) is 72.1 Å². The molecule has 0 aromatic heterocycles. The average molecular weight is 503 g/mol. The second-order valence-electron chi connectivity index (χ2n) is 7.27. The van der Waals surface area contributed by atoms with E-state index in [0.29, 0.717) is 23.8 Å². The summed E-state index contributed by atoms with van der Waals surface area (Å²) in [5.74, 6) is -1.49. The van der Waals surface area contributed by atoms with Crippen molar-refractivity contribution in [1.82, 2.24) is 5.32 Å². The van der Waals surface area contributed by atoms with Crippen LogP contribution in [0.3, 0.4) is 0 Å². The van der Waals surface area contributed by atoms with Crippen molar-refractivity contribution in [3.63, 3.8) is 0 Å². The minimum absolute atomic E-state index is 0.240. The number of alkyl halides is 3. The fourth-order valence-electron chi connectivity index (χ4n) is 3.49. The monoisotopic (exact) mass is 503 g/mol. The topological polar surface area (TPSA) is 108 Å². The lowest BCUT2D eigenvalue weighted by Gasteiger charge is -2.36. The van der Waals surface area contributed by atoms with Crippen molar-refractivity contribution in [2.45, 2.75) is 11.1 Å². The molecule has 0 aliphatic carbocycles. The third-order valence-electron chi connectivity index (χ3n) is 5.13. The van der Waals surface area contributed by atoms with Crippen molar-refractivity contribution in [3.05, 3.63) is 42.5 Å². The van der Waals surface area contributed by atoms with Crippen molar-refractivity contribution in [1.29, 1.82) is 0 Å². The van der Waals surface area contributed by atoms with Crippen LogP contribution < -0.4 is 24.0 Å². The molecule has 13 heteroatoms. The van der Waals surface area contributed by atoms with Crippen LogP contribution in [0.15, 0.2) is 47.4 Å². The van der Waals surface area contributed by atoms with Gasteiger partial charge < -0.3 is 24.8 Å². The van der Waals surface area contributed by atoms with Crippen molar-refractivity contribution in [3.8, 4) is 11.5 Å². The number of carbonyl (C=O) groups is 1. The van der Waals surface area contributed by atoms with Crippen LogP contribution in [0.4, 0.5) is 24.5 Å². The van der Waals surface area contributed by atoms with Gasteiger partial charge in [-0.1, -0.05) is 6.07 Å². The van der Waals surface area contributed by atoms with Gasteiger partial charge in [0.15, 0.2) is 5.75 Å². The number of piperazine rings is 1. The van der Waals surface area contributed by atoms with Crippen molar-refractivity contribution >= 4 is 27.4 Å². The number of methoxy groups -OCH3 is 1. The van der Waals surface area contributed by atoms with Gasteiger partial charge in [-0.25, -0.2) is 13.2 Å². The fourth-order valence-corrected chi connectivity index (χ4v) is 4.94. The Morgan fingerprint density at radius 2 is 1.65 bits per heavy atom. The van der Waals surface area contributed by atoms with Gasteiger partial charge in [0.05, 0.1) is 29.9 Å². The first kappa shape index (κ1) is 25.4. The number of sulfonamides is 1. The van der Waals surface area contributed by atoms with Gasteiger partial charge in [0.2, 0.25) is 0 Å². The number of ether oxygens (including phenoxy) is 2. The molecule has 0 saturated carbocycles. The lowest BCUT2D eigenvalue weighted by atomic mass is 10.2. The normalized spacial score (nSPS) is 16.0. The number of anilines is 2. The summed E-state index contributed by atoms with van der Waals surface area (Å²) in [6.45, 7) is 4.14. The molecule has 1 saturated heterocycles. The predicted octanol–water partition coefficient (Wildman–Crippen LogP) is 2.33. The van der Waals surface area contributed by atoms with E-state index >= 15 is 0 Å². The number of nitrogens with one attached hydrogen (secondary N) is 1. The number of fused-ring (bicyclic) bond motifs is 1. The summed E-state index contributed by atoms with van der Waals surface area (Å²) in [5, 5.41) is 10.5. The third-order valence-corrected chi connectivity index (χ3v) is 6.96. The highest BCUT2D eigenvalue weighted by Gasteiger charge is 2.38. The highest BCUT2D eigenvalue weighted by molar-refractivity contribution is 7.92. The SMILES string of the molecule is COc1ccc(S(=O)(=O)N2CCOc3c(N4CCNCC4)cccc32)cc1.O=C(O)C(F)(F)F. The zero-order chi connectivity index (χ0) is 24.9. The molecule has 2 aromatic rings. The van der Waals surface area contributed by atoms with E-state index in [1.165, 1.54) is 4.31 Å². The van der Waals surface area contributed by atoms with Gasteiger partial charge in [-0.2, -0.15) is 13.2 Å². The van der Waals surface area contributed by atoms with Gasteiger partial charge >= 0.3 is 12.1 Å². The first-order chi connectivity index (χ1) is 16.1. The van der Waals surface area contributed by atoms with Crippen LogP contribution in [0.25, 0.3) is 0 Å². The minimum Gasteiger partial charge on any atom is -0.497 e. The molecule has 2 aliphatic rings. The Morgan fingerprint density at radius 1 is 1.06 bits per heavy atom. The van der Waals surface area contributed by atoms with E-state index in [-0.39, 0.29) is 11.4 Å². The Labute approximate surface area is 194 Å². The molecule has 0 amide bonds. The Bertz CT molecular complexity index is 1100. The van der Waals surface area contributed by atoms with Crippen molar-refractivity contribution in [2.24, 2.45) is 0 Å². The number of rotatable bonds is 4. The maximum atomic E-state index is 13.2. The number of benzene rings is 2. The number of para-hydroxylation sites is 1. The second-order valence-corrected chi connectivity index (χ2v) is 9.13. The molecule has 4 rings (SSSR count). The van der Waals surface area contributed by atoms with Gasteiger partial charge in [0.1, 0.15) is 12.4 Å². The summed E-state index contributed by atoms with van der Waals surface area (Å²) in [7, 11) is -2.13. The lowest BCUT2D eigenvalue weighted by Crippen LogP contribution is -2.44. The Kier molecular flexibility index (Phi) is 7.77. The van der Waals surface area contributed by atoms with Gasteiger partial charge in [0, 0.05) is 26.2 Å². The molecule has 2 aromatic carbocycles. The number of carboxylic acids is 1. The first-order valence-electron chi connectivity index (χ1n) is 10.2. The number of halogens is 3. The number of nitrogens with zero attached hydrogens (tertiary/aromatic N) is 2. The van der Waals surface area contributed by atoms with E-state index in [4.69, 9.17) is 19.4 Å². The van der Waals surface area contributed by atoms with E-state index in [0.717, 1.165) is 31.9 Å². The first-order valence-corrected chi connectivity index (χ1v) is 11.7. The number of hydrogen-bond donors (Lipinski definition) is 2. The maximum Gasteiger partial charge on any atom is 0.490 e. The molecule has 34 heavy (non-hydrogen) atoms. The largest absolute Gasteiger partial charge is 0.497 e. The second kappa shape index (κ2) is 10.4. The average Bonchev–Trinajstić information content (AvgIpc) is 2.83. The van der Waals surface area contributed by atoms with Crippen LogP contribution in [0.5, 0.6) is 11.5 Å². The smallest absolute Gasteiger partial charge is 0.490 e. The van der Waals surface area contributed by atoms with Crippen LogP contribution in [0.1, 0.15) is 0 Å². The Morgan fingerprint density at radius 3 is 2.21 bits per heavy atom. The highest BCUT2D eigenvalue weighted by atomic mass is 32.2. The van der Waals surface area contributed by atoms with Crippen LogP contribution in [-0.2, 0) is 14.8 Å². The van der Waals surface area contributed by atoms with Gasteiger partial charge in [-0.05, 0) is 36.4 Å². The van der Waals surface area contributed by atoms with Crippen LogP contribution >= 0.6 is 0 Å². The Balaban J connectivity index is 0.000000406. The summed E-state index contributed by atoms with van der Waals surface area (Å²) in [4.78, 5) is 11.4. The van der Waals surface area contributed by atoms with E-state index in [1.807, 2.05) is 12.1 Å². The van der Waals surface area contributed by atoms with Gasteiger partial charge in [-0.3, -0.25) is 4.31 Å². The summed E-state index contributed by atoms with van der Waals surface area (Å²) >= 11 is 0. The molecule has 186 valence electrons. The molecule has 2 aliphatic heterocycles. The molecule has 0 bridgehead atoms. The molecule has 0 spiro atoms. The molecule has 0 atom stereocenters. The van der Waals surface area contributed by atoms with Crippen LogP contribution in [0.2, 0.25) is 0 Å². The summed E-state index contributed by atoms with van der Waals surface area (Å²) in [6, 6.07) is 12.2. The van der Waals surface area contributed by atoms with E-state index < -0.39 is 22.2 Å². The quantitative estimate of drug-likeness (QED) is 0.655. The number of carboxylic acid groups (broad SMARTS) is 1. The number of hydrogen-bond acceptors (Lipinski definition) is 7. The molecular weight excluding hydrogens is 479 g/mol. The van der Waals surface area contributed by atoms with E-state index in [9.17, 15) is 21.6 Å². The number of aliphatic carboxylic acids is 1. The van der Waals surface area contributed by atoms with Crippen molar-refractivity contribution < 1.29 is 41.0 Å². The fraction of sp³-hybridized carbons (Fsp3) is 0.381. The minimum atomic E-state index is -5.08. The molecule has 2 N–H and O–H groups in total. The van der Waals surface area contributed by atoms with Crippen molar-refractivity contribution in [2.75, 3.05) is 55.6 Å². The standard InChI is InChI=1S/C19H23N3O4S.C2HF3O2/c1-25-15-5-7-16(8-6-15)27(23,24)22-13-14-26-19-17(3-2-4-18(19)22)21-11-9-20-10-12-21;3-2(4,5)1(6)7/h2-8,20H,9-14H2,1H3;(H,6,7). The zero-order valence-corrected chi connectivity index (χ0v) is 19.0. The molecule has 2 heterocycles. The molecule has 0 unspecified atom stereocenters. The summed E-state index contributed by atoms with van der Waals surface area (Å²) < 4.78 is 70.7. The molecule has 9 nitrogen and oxygen atoms in total. The maximum absolute atomic E-state index is 13.2. The molecule has 1 fully saturated rings. The highest BCUT2D eigenvalue weighted by Crippen LogP contribution is 2.42. The van der Waals surface area contributed by atoms with Gasteiger partial charge in [0.25, 0.3) is 10.0 Å². The third kappa shape index (κ3) is 5.65.